The maximum absolute atomic E-state index is 13.0. The molecular formula is C21H22Cl2N2O5S. The van der Waals surface area contributed by atoms with Crippen molar-refractivity contribution < 1.29 is 22.7 Å². The Hall–Kier alpha value is -2.26. The number of hydrogen-bond donors (Lipinski definition) is 0. The topological polar surface area (TPSA) is 76.2 Å². The highest BCUT2D eigenvalue weighted by atomic mass is 35.5. The van der Waals surface area contributed by atoms with Gasteiger partial charge >= 0.3 is 0 Å². The predicted molar refractivity (Wildman–Crippen MR) is 120 cm³/mol. The minimum absolute atomic E-state index is 0.112. The monoisotopic (exact) mass is 484 g/mol. The van der Waals surface area contributed by atoms with E-state index in [1.807, 2.05) is 0 Å². The number of carbonyl (C=O) groups excluding carboxylic acids is 1. The maximum Gasteiger partial charge on any atom is 0.246 e. The summed E-state index contributed by atoms with van der Waals surface area (Å²) in [5.41, 5.74) is 0.636. The Bertz CT molecular complexity index is 1100. The van der Waals surface area contributed by atoms with Crippen LogP contribution in [0.15, 0.2) is 47.4 Å². The van der Waals surface area contributed by atoms with Crippen LogP contribution in [0.1, 0.15) is 5.56 Å². The lowest BCUT2D eigenvalue weighted by Gasteiger charge is -2.33. The SMILES string of the molecule is COc1ccc(S(=O)(=O)N2CCN(C(=O)/C=C/c3cc(Cl)ccc3Cl)CC2)cc1OC. The molecule has 0 atom stereocenters. The van der Waals surface area contributed by atoms with Crippen molar-refractivity contribution in [1.29, 1.82) is 0 Å². The number of piperazine rings is 1. The smallest absolute Gasteiger partial charge is 0.246 e. The molecule has 1 aliphatic heterocycles. The fourth-order valence-corrected chi connectivity index (χ4v) is 4.98. The molecule has 0 unspecified atom stereocenters. The normalized spacial score (nSPS) is 15.3. The van der Waals surface area contributed by atoms with Crippen LogP contribution in [0.5, 0.6) is 11.5 Å². The molecule has 0 saturated carbocycles. The number of halogens is 2. The second-order valence-corrected chi connectivity index (χ2v) is 9.53. The van der Waals surface area contributed by atoms with E-state index in [9.17, 15) is 13.2 Å². The molecule has 0 radical (unpaired) electrons. The van der Waals surface area contributed by atoms with Crippen molar-refractivity contribution >= 4 is 45.2 Å². The zero-order chi connectivity index (χ0) is 22.6. The van der Waals surface area contributed by atoms with Crippen LogP contribution in [-0.2, 0) is 14.8 Å². The van der Waals surface area contributed by atoms with E-state index in [0.717, 1.165) is 0 Å². The fourth-order valence-electron chi connectivity index (χ4n) is 3.18. The number of benzene rings is 2. The molecule has 0 spiro atoms. The summed E-state index contributed by atoms with van der Waals surface area (Å²) in [4.78, 5) is 14.2. The molecular weight excluding hydrogens is 463 g/mol. The standard InChI is InChI=1S/C21H22Cl2N2O5S/c1-29-19-7-5-17(14-20(19)30-2)31(27,28)25-11-9-24(10-12-25)21(26)8-3-15-13-16(22)4-6-18(15)23/h3-8,13-14H,9-12H2,1-2H3/b8-3+. The summed E-state index contributed by atoms with van der Waals surface area (Å²) < 4.78 is 37.7. The maximum atomic E-state index is 13.0. The van der Waals surface area contributed by atoms with Crippen LogP contribution >= 0.6 is 23.2 Å². The van der Waals surface area contributed by atoms with Crippen LogP contribution < -0.4 is 9.47 Å². The van der Waals surface area contributed by atoms with Gasteiger partial charge in [-0.2, -0.15) is 4.31 Å². The zero-order valence-electron chi connectivity index (χ0n) is 17.0. The molecule has 0 bridgehead atoms. The van der Waals surface area contributed by atoms with Crippen molar-refractivity contribution in [3.8, 4) is 11.5 Å². The molecule has 1 heterocycles. The van der Waals surface area contributed by atoms with Crippen molar-refractivity contribution in [3.05, 3.63) is 58.1 Å². The van der Waals surface area contributed by atoms with E-state index in [1.54, 1.807) is 35.2 Å². The van der Waals surface area contributed by atoms with E-state index in [4.69, 9.17) is 32.7 Å². The van der Waals surface area contributed by atoms with Crippen molar-refractivity contribution in [2.75, 3.05) is 40.4 Å². The lowest BCUT2D eigenvalue weighted by atomic mass is 10.2. The molecule has 3 rings (SSSR count). The van der Waals surface area contributed by atoms with E-state index >= 15 is 0 Å². The molecule has 2 aromatic carbocycles. The minimum atomic E-state index is -3.72. The van der Waals surface area contributed by atoms with Gasteiger partial charge in [0.05, 0.1) is 19.1 Å². The highest BCUT2D eigenvalue weighted by molar-refractivity contribution is 7.89. The van der Waals surface area contributed by atoms with Gasteiger partial charge in [-0.05, 0) is 42.0 Å². The van der Waals surface area contributed by atoms with Gasteiger partial charge in [0.1, 0.15) is 0 Å². The molecule has 1 fully saturated rings. The molecule has 0 aliphatic carbocycles. The first-order valence-corrected chi connectivity index (χ1v) is 11.6. The van der Waals surface area contributed by atoms with Crippen molar-refractivity contribution in [2.24, 2.45) is 0 Å². The molecule has 7 nitrogen and oxygen atoms in total. The van der Waals surface area contributed by atoms with Crippen LogP contribution in [0.4, 0.5) is 0 Å². The molecule has 1 amide bonds. The summed E-state index contributed by atoms with van der Waals surface area (Å²) in [6, 6.07) is 9.46. The summed E-state index contributed by atoms with van der Waals surface area (Å²) in [5.74, 6) is 0.560. The Balaban J connectivity index is 1.66. The largest absolute Gasteiger partial charge is 0.493 e. The van der Waals surface area contributed by atoms with Crippen LogP contribution in [0.3, 0.4) is 0 Å². The summed E-state index contributed by atoms with van der Waals surface area (Å²) in [6.07, 6.45) is 3.01. The van der Waals surface area contributed by atoms with E-state index in [-0.39, 0.29) is 37.0 Å². The van der Waals surface area contributed by atoms with Crippen molar-refractivity contribution in [2.45, 2.75) is 4.90 Å². The van der Waals surface area contributed by atoms with Gasteiger partial charge in [-0.15, -0.1) is 0 Å². The Morgan fingerprint density at radius 2 is 1.65 bits per heavy atom. The van der Waals surface area contributed by atoms with Crippen LogP contribution in [0, 0.1) is 0 Å². The first-order chi connectivity index (χ1) is 14.8. The van der Waals surface area contributed by atoms with Gasteiger partial charge in [-0.3, -0.25) is 4.79 Å². The average molecular weight is 485 g/mol. The van der Waals surface area contributed by atoms with Crippen molar-refractivity contribution in [3.63, 3.8) is 0 Å². The average Bonchev–Trinajstić information content (AvgIpc) is 2.78. The van der Waals surface area contributed by atoms with Crippen LogP contribution in [0.25, 0.3) is 6.08 Å². The molecule has 2 aromatic rings. The second-order valence-electron chi connectivity index (χ2n) is 6.75. The number of nitrogens with zero attached hydrogens (tertiary/aromatic N) is 2. The number of amides is 1. The fraction of sp³-hybridized carbons (Fsp3) is 0.286. The van der Waals surface area contributed by atoms with Gasteiger partial charge in [-0.1, -0.05) is 23.2 Å². The first-order valence-electron chi connectivity index (χ1n) is 9.40. The van der Waals surface area contributed by atoms with Crippen LogP contribution in [-0.4, -0.2) is 63.9 Å². The van der Waals surface area contributed by atoms with Gasteiger partial charge in [0.2, 0.25) is 15.9 Å². The molecule has 0 aromatic heterocycles. The third-order valence-electron chi connectivity index (χ3n) is 4.91. The number of sulfonamides is 1. The molecule has 1 saturated heterocycles. The Morgan fingerprint density at radius 1 is 0.968 bits per heavy atom. The Labute approximate surface area is 191 Å². The van der Waals surface area contributed by atoms with E-state index in [2.05, 4.69) is 0 Å². The Kier molecular flexibility index (Phi) is 7.48. The van der Waals surface area contributed by atoms with Crippen molar-refractivity contribution in [1.82, 2.24) is 9.21 Å². The molecule has 10 heteroatoms. The molecule has 1 aliphatic rings. The molecule has 31 heavy (non-hydrogen) atoms. The number of hydrogen-bond acceptors (Lipinski definition) is 5. The predicted octanol–water partition coefficient (Wildman–Crippen LogP) is 3.56. The number of carbonyl (C=O) groups is 1. The zero-order valence-corrected chi connectivity index (χ0v) is 19.4. The second kappa shape index (κ2) is 9.91. The first kappa shape index (κ1) is 23.4. The van der Waals surface area contributed by atoms with Gasteiger partial charge < -0.3 is 14.4 Å². The van der Waals surface area contributed by atoms with Crippen LogP contribution in [0.2, 0.25) is 10.0 Å². The summed E-state index contributed by atoms with van der Waals surface area (Å²) in [6.45, 7) is 0.931. The summed E-state index contributed by atoms with van der Waals surface area (Å²) in [5, 5.41) is 1.00. The van der Waals surface area contributed by atoms with Gasteiger partial charge in [0, 0.05) is 48.4 Å². The quantitative estimate of drug-likeness (QED) is 0.585. The third kappa shape index (κ3) is 5.33. The van der Waals surface area contributed by atoms with E-state index in [0.29, 0.717) is 27.1 Å². The number of rotatable bonds is 6. The summed E-state index contributed by atoms with van der Waals surface area (Å²) in [7, 11) is -0.794. The van der Waals surface area contributed by atoms with E-state index < -0.39 is 10.0 Å². The van der Waals surface area contributed by atoms with E-state index in [1.165, 1.54) is 36.7 Å². The number of ether oxygens (including phenoxy) is 2. The van der Waals surface area contributed by atoms with Gasteiger partial charge in [-0.25, -0.2) is 8.42 Å². The van der Waals surface area contributed by atoms with Gasteiger partial charge in [0.25, 0.3) is 0 Å². The highest BCUT2D eigenvalue weighted by Gasteiger charge is 2.30. The Morgan fingerprint density at radius 3 is 2.29 bits per heavy atom. The number of methoxy groups -OCH3 is 2. The van der Waals surface area contributed by atoms with Gasteiger partial charge in [0.15, 0.2) is 11.5 Å². The third-order valence-corrected chi connectivity index (χ3v) is 7.38. The lowest BCUT2D eigenvalue weighted by molar-refractivity contribution is -0.127. The lowest BCUT2D eigenvalue weighted by Crippen LogP contribution is -2.50. The minimum Gasteiger partial charge on any atom is -0.493 e. The highest BCUT2D eigenvalue weighted by Crippen LogP contribution is 2.31. The summed E-state index contributed by atoms with van der Waals surface area (Å²) >= 11 is 12.1. The molecule has 0 N–H and O–H groups in total. The molecule has 166 valence electrons.